The van der Waals surface area contributed by atoms with Crippen LogP contribution in [0.3, 0.4) is 0 Å². The largest absolute Gasteiger partial charge is 0.354 e. The number of fused-ring (bicyclic) bond motifs is 1. The van der Waals surface area contributed by atoms with Gasteiger partial charge in [0.05, 0.1) is 6.20 Å². The molecule has 0 bridgehead atoms. The van der Waals surface area contributed by atoms with E-state index in [1.165, 1.54) is 0 Å². The predicted molar refractivity (Wildman–Crippen MR) is 120 cm³/mol. The third-order valence-electron chi connectivity index (χ3n) is 5.84. The molecular formula is C22H29ClN6. The summed E-state index contributed by atoms with van der Waals surface area (Å²) in [5.74, 6) is 1.10. The summed E-state index contributed by atoms with van der Waals surface area (Å²) in [5.41, 5.74) is 2.92. The van der Waals surface area contributed by atoms with Crippen LogP contribution in [0.25, 0.3) is 16.8 Å². The SMILES string of the molecule is CCN(CC)CCN1CCN(c2ccnc3c(-c4cccc(Cl)c4)cnn23)CC1. The van der Waals surface area contributed by atoms with Gasteiger partial charge in [-0.25, -0.2) is 4.98 Å². The van der Waals surface area contributed by atoms with Gasteiger partial charge >= 0.3 is 0 Å². The maximum absolute atomic E-state index is 6.18. The number of aromatic nitrogens is 3. The lowest BCUT2D eigenvalue weighted by molar-refractivity contribution is 0.205. The van der Waals surface area contributed by atoms with Crippen molar-refractivity contribution >= 4 is 23.1 Å². The second-order valence-corrected chi connectivity index (χ2v) is 7.90. The topological polar surface area (TPSA) is 39.9 Å². The first kappa shape index (κ1) is 20.1. The number of benzene rings is 1. The van der Waals surface area contributed by atoms with E-state index in [1.54, 1.807) is 0 Å². The van der Waals surface area contributed by atoms with Crippen molar-refractivity contribution in [1.29, 1.82) is 0 Å². The van der Waals surface area contributed by atoms with Crippen LogP contribution >= 0.6 is 11.6 Å². The third kappa shape index (κ3) is 4.39. The molecule has 6 nitrogen and oxygen atoms in total. The van der Waals surface area contributed by atoms with E-state index in [0.717, 1.165) is 80.0 Å². The number of rotatable bonds is 7. The summed E-state index contributed by atoms with van der Waals surface area (Å²) in [6.07, 6.45) is 3.77. The molecule has 0 spiro atoms. The Morgan fingerprint density at radius 1 is 1.07 bits per heavy atom. The molecule has 3 aromatic rings. The highest BCUT2D eigenvalue weighted by Crippen LogP contribution is 2.28. The lowest BCUT2D eigenvalue weighted by atomic mass is 10.1. The molecule has 0 saturated carbocycles. The molecule has 0 atom stereocenters. The van der Waals surface area contributed by atoms with E-state index in [2.05, 4.69) is 44.7 Å². The van der Waals surface area contributed by atoms with Gasteiger partial charge in [-0.05, 0) is 36.9 Å². The summed E-state index contributed by atoms with van der Waals surface area (Å²) >= 11 is 6.18. The average molecular weight is 413 g/mol. The highest BCUT2D eigenvalue weighted by atomic mass is 35.5. The Kier molecular flexibility index (Phi) is 6.33. The van der Waals surface area contributed by atoms with Gasteiger partial charge in [0.1, 0.15) is 5.82 Å². The Morgan fingerprint density at radius 3 is 2.59 bits per heavy atom. The maximum atomic E-state index is 6.18. The van der Waals surface area contributed by atoms with E-state index in [1.807, 2.05) is 41.2 Å². The zero-order valence-electron chi connectivity index (χ0n) is 17.3. The molecule has 0 radical (unpaired) electrons. The quantitative estimate of drug-likeness (QED) is 0.593. The van der Waals surface area contributed by atoms with Crippen molar-refractivity contribution in [3.05, 3.63) is 47.7 Å². The van der Waals surface area contributed by atoms with E-state index in [9.17, 15) is 0 Å². The van der Waals surface area contributed by atoms with Crippen LogP contribution in [0.5, 0.6) is 0 Å². The Hall–Kier alpha value is -2.15. The summed E-state index contributed by atoms with van der Waals surface area (Å²) in [6, 6.07) is 9.92. The Morgan fingerprint density at radius 2 is 1.86 bits per heavy atom. The van der Waals surface area contributed by atoms with Gasteiger partial charge in [-0.2, -0.15) is 9.61 Å². The molecule has 1 saturated heterocycles. The molecule has 1 aromatic carbocycles. The van der Waals surface area contributed by atoms with Crippen molar-refractivity contribution in [2.45, 2.75) is 13.8 Å². The minimum absolute atomic E-state index is 0.721. The van der Waals surface area contributed by atoms with Crippen LogP contribution in [0.4, 0.5) is 5.82 Å². The van der Waals surface area contributed by atoms with Gasteiger partial charge in [0.25, 0.3) is 0 Å². The number of hydrogen-bond acceptors (Lipinski definition) is 5. The van der Waals surface area contributed by atoms with Gasteiger partial charge in [-0.3, -0.25) is 4.90 Å². The van der Waals surface area contributed by atoms with Crippen LogP contribution in [0, 0.1) is 0 Å². The molecular weight excluding hydrogens is 384 g/mol. The first-order valence-electron chi connectivity index (χ1n) is 10.5. The third-order valence-corrected chi connectivity index (χ3v) is 6.08. The molecule has 4 rings (SSSR count). The van der Waals surface area contributed by atoms with Crippen LogP contribution < -0.4 is 4.90 Å². The Bertz CT molecular complexity index is 943. The van der Waals surface area contributed by atoms with E-state index in [4.69, 9.17) is 11.6 Å². The molecule has 1 fully saturated rings. The second kappa shape index (κ2) is 9.11. The van der Waals surface area contributed by atoms with Crippen molar-refractivity contribution < 1.29 is 0 Å². The number of anilines is 1. The molecule has 2 aromatic heterocycles. The summed E-state index contributed by atoms with van der Waals surface area (Å²) in [4.78, 5) is 12.1. The van der Waals surface area contributed by atoms with Crippen LogP contribution in [-0.4, -0.2) is 76.8 Å². The van der Waals surface area contributed by atoms with Gasteiger partial charge < -0.3 is 9.80 Å². The first-order chi connectivity index (χ1) is 14.2. The maximum Gasteiger partial charge on any atom is 0.165 e. The zero-order valence-corrected chi connectivity index (χ0v) is 18.0. The van der Waals surface area contributed by atoms with E-state index in [-0.39, 0.29) is 0 Å². The van der Waals surface area contributed by atoms with Gasteiger partial charge in [0, 0.05) is 56.1 Å². The highest BCUT2D eigenvalue weighted by molar-refractivity contribution is 6.30. The summed E-state index contributed by atoms with van der Waals surface area (Å²) in [5, 5.41) is 5.37. The molecule has 29 heavy (non-hydrogen) atoms. The molecule has 0 unspecified atom stereocenters. The van der Waals surface area contributed by atoms with Crippen molar-refractivity contribution in [2.24, 2.45) is 0 Å². The second-order valence-electron chi connectivity index (χ2n) is 7.46. The number of likely N-dealkylation sites (N-methyl/N-ethyl adjacent to an activating group) is 1. The van der Waals surface area contributed by atoms with Gasteiger partial charge in [0.15, 0.2) is 5.65 Å². The molecule has 3 heterocycles. The van der Waals surface area contributed by atoms with Crippen LogP contribution in [-0.2, 0) is 0 Å². The van der Waals surface area contributed by atoms with E-state index >= 15 is 0 Å². The number of halogens is 1. The summed E-state index contributed by atoms with van der Waals surface area (Å²) < 4.78 is 1.96. The summed E-state index contributed by atoms with van der Waals surface area (Å²) in [7, 11) is 0. The van der Waals surface area contributed by atoms with Crippen LogP contribution in [0.2, 0.25) is 5.02 Å². The molecule has 1 aliphatic heterocycles. The molecule has 154 valence electrons. The van der Waals surface area contributed by atoms with Crippen molar-refractivity contribution in [2.75, 3.05) is 57.3 Å². The normalized spacial score (nSPS) is 15.5. The van der Waals surface area contributed by atoms with Gasteiger partial charge in [-0.1, -0.05) is 37.6 Å². The number of piperazine rings is 1. The minimum Gasteiger partial charge on any atom is -0.354 e. The fourth-order valence-electron chi connectivity index (χ4n) is 4.00. The zero-order chi connectivity index (χ0) is 20.2. The standard InChI is InChI=1S/C22H29ClN6/c1-3-26(4-2)10-11-27-12-14-28(15-13-27)21-8-9-24-22-20(17-25-29(21)22)18-6-5-7-19(23)16-18/h5-9,16-17H,3-4,10-15H2,1-2H3. The molecule has 0 amide bonds. The van der Waals surface area contributed by atoms with E-state index in [0.29, 0.717) is 0 Å². The van der Waals surface area contributed by atoms with Gasteiger partial charge in [0.2, 0.25) is 0 Å². The Balaban J connectivity index is 1.48. The van der Waals surface area contributed by atoms with Crippen molar-refractivity contribution in [3.63, 3.8) is 0 Å². The van der Waals surface area contributed by atoms with Gasteiger partial charge in [-0.15, -0.1) is 0 Å². The van der Waals surface area contributed by atoms with Crippen molar-refractivity contribution in [3.8, 4) is 11.1 Å². The first-order valence-corrected chi connectivity index (χ1v) is 10.9. The summed E-state index contributed by atoms with van der Waals surface area (Å²) in [6.45, 7) is 13.2. The van der Waals surface area contributed by atoms with Crippen LogP contribution in [0.1, 0.15) is 13.8 Å². The smallest absolute Gasteiger partial charge is 0.165 e. The molecule has 1 aliphatic rings. The predicted octanol–water partition coefficient (Wildman–Crippen LogP) is 3.51. The minimum atomic E-state index is 0.721. The average Bonchev–Trinajstić information content (AvgIpc) is 3.19. The van der Waals surface area contributed by atoms with E-state index < -0.39 is 0 Å². The highest BCUT2D eigenvalue weighted by Gasteiger charge is 2.20. The lowest BCUT2D eigenvalue weighted by Gasteiger charge is -2.36. The van der Waals surface area contributed by atoms with Crippen LogP contribution in [0.15, 0.2) is 42.7 Å². The number of hydrogen-bond donors (Lipinski definition) is 0. The molecule has 0 aliphatic carbocycles. The monoisotopic (exact) mass is 412 g/mol. The Labute approximate surface area is 177 Å². The molecule has 0 N–H and O–H groups in total. The lowest BCUT2D eigenvalue weighted by Crippen LogP contribution is -2.49. The number of nitrogens with zero attached hydrogens (tertiary/aromatic N) is 6. The fourth-order valence-corrected chi connectivity index (χ4v) is 4.19. The molecule has 7 heteroatoms. The van der Waals surface area contributed by atoms with Crippen molar-refractivity contribution in [1.82, 2.24) is 24.4 Å². The fraction of sp³-hybridized carbons (Fsp3) is 0.455.